The second-order valence-electron chi connectivity index (χ2n) is 17.2. The van der Waals surface area contributed by atoms with Crippen molar-refractivity contribution in [2.45, 2.75) is 126 Å². The molecule has 4 N–H and O–H groups in total. The van der Waals surface area contributed by atoms with E-state index < -0.39 is 61.6 Å². The molecule has 0 unspecified atom stereocenters. The summed E-state index contributed by atoms with van der Waals surface area (Å²) in [7, 11) is 0. The average molecular weight is 1040 g/mol. The number of amides is 1. The molecule has 0 radical (unpaired) electrons. The summed E-state index contributed by atoms with van der Waals surface area (Å²) in [6.45, 7) is 8.21. The van der Waals surface area contributed by atoms with Crippen LogP contribution in [0.2, 0.25) is 0 Å². The van der Waals surface area contributed by atoms with Gasteiger partial charge in [0.2, 0.25) is 6.10 Å². The second kappa shape index (κ2) is 24.1. The number of alkyl halides is 12. The third kappa shape index (κ3) is 16.8. The van der Waals surface area contributed by atoms with Gasteiger partial charge in [-0.25, -0.2) is 14.4 Å². The van der Waals surface area contributed by atoms with Crippen molar-refractivity contribution in [1.82, 2.24) is 20.0 Å². The molecule has 13 nitrogen and oxygen atoms in total. The lowest BCUT2D eigenvalue weighted by atomic mass is 9.85. The Balaban J connectivity index is 0.000000317. The van der Waals surface area contributed by atoms with Gasteiger partial charge in [-0.2, -0.15) is 52.7 Å². The summed E-state index contributed by atoms with van der Waals surface area (Å²) < 4.78 is 157. The molecule has 0 bridgehead atoms. The molecule has 0 aromatic heterocycles. The minimum Gasteiger partial charge on any atom is -0.482 e. The first-order valence-electron chi connectivity index (χ1n) is 21.5. The van der Waals surface area contributed by atoms with E-state index >= 15 is 0 Å². The number of ether oxygens (including phenoxy) is 3. The van der Waals surface area contributed by atoms with Crippen LogP contribution in [0.4, 0.5) is 57.5 Å². The monoisotopic (exact) mass is 1030 g/mol. The van der Waals surface area contributed by atoms with Gasteiger partial charge in [-0.3, -0.25) is 9.80 Å². The summed E-state index contributed by atoms with van der Waals surface area (Å²) in [5.41, 5.74) is 3.76. The number of likely N-dealkylation sites (tertiary alicyclic amines) is 3. The molecule has 392 valence electrons. The zero-order valence-electron chi connectivity index (χ0n) is 37.4. The van der Waals surface area contributed by atoms with Crippen molar-refractivity contribution in [3.8, 4) is 11.5 Å². The SMILES string of the molecule is Cc1ccc(CN2CCCC23CCN(C(=O)OC(C(F)(F)F)C(F)(F)F)CC3)c(OCC(=O)O)c1.Cc1ccc(CN2CCCC23CCNCC3)c(OCC(=O)O)c1.Cl.OC(C(F)(F)F)C(F)(F)F. The van der Waals surface area contributed by atoms with Crippen molar-refractivity contribution in [3.63, 3.8) is 0 Å². The number of hydrogen-bond donors (Lipinski definition) is 4. The summed E-state index contributed by atoms with van der Waals surface area (Å²) in [5.74, 6) is -0.912. The molecule has 4 aliphatic rings. The fraction of sp³-hybridized carbons (Fsp3) is 0.651. The average Bonchev–Trinajstić information content (AvgIpc) is 3.80. The van der Waals surface area contributed by atoms with Crippen molar-refractivity contribution in [1.29, 1.82) is 0 Å². The normalized spacial score (nSPS) is 18.5. The molecule has 2 spiro atoms. The van der Waals surface area contributed by atoms with Crippen LogP contribution in [0.5, 0.6) is 11.5 Å². The topological polar surface area (TPSA) is 161 Å². The van der Waals surface area contributed by atoms with Gasteiger partial charge in [0.15, 0.2) is 13.2 Å². The maximum absolute atomic E-state index is 12.7. The number of nitrogens with one attached hydrogen (secondary N) is 1. The predicted octanol–water partition coefficient (Wildman–Crippen LogP) is 8.59. The molecule has 4 fully saturated rings. The number of hydrogen-bond acceptors (Lipinski definition) is 10. The van der Waals surface area contributed by atoms with Gasteiger partial charge in [0, 0.05) is 48.4 Å². The van der Waals surface area contributed by atoms with E-state index in [2.05, 4.69) is 32.0 Å². The summed E-state index contributed by atoms with van der Waals surface area (Å²) in [6.07, 6.45) is -25.6. The van der Waals surface area contributed by atoms with Crippen molar-refractivity contribution in [3.05, 3.63) is 58.7 Å². The highest BCUT2D eigenvalue weighted by Gasteiger charge is 2.60. The molecule has 4 heterocycles. The van der Waals surface area contributed by atoms with Crippen LogP contribution in [-0.4, -0.2) is 149 Å². The molecule has 26 heteroatoms. The smallest absolute Gasteiger partial charge is 0.434 e. The quantitative estimate of drug-likeness (QED) is 0.159. The van der Waals surface area contributed by atoms with E-state index in [1.165, 1.54) is 25.7 Å². The van der Waals surface area contributed by atoms with Crippen LogP contribution in [0.25, 0.3) is 0 Å². The zero-order valence-corrected chi connectivity index (χ0v) is 38.2. The molecule has 0 aliphatic carbocycles. The first-order valence-corrected chi connectivity index (χ1v) is 21.5. The number of benzene rings is 2. The Bertz CT molecular complexity index is 1980. The first-order chi connectivity index (χ1) is 31.5. The molecule has 69 heavy (non-hydrogen) atoms. The number of aliphatic hydroxyl groups excluding tert-OH is 1. The highest BCUT2D eigenvalue weighted by molar-refractivity contribution is 5.85. The Kier molecular flexibility index (Phi) is 20.6. The number of nitrogens with zero attached hydrogens (tertiary/aromatic N) is 3. The molecule has 2 aromatic rings. The fourth-order valence-electron chi connectivity index (χ4n) is 8.84. The minimum absolute atomic E-state index is 0. The number of carboxylic acid groups (broad SMARTS) is 2. The number of piperidine rings is 2. The number of aliphatic hydroxyl groups is 1. The summed E-state index contributed by atoms with van der Waals surface area (Å²) in [5, 5.41) is 28.7. The van der Waals surface area contributed by atoms with Crippen LogP contribution in [-0.2, 0) is 27.4 Å². The Morgan fingerprint density at radius 2 is 1.01 bits per heavy atom. The molecular weight excluding hydrogens is 980 g/mol. The lowest BCUT2D eigenvalue weighted by molar-refractivity contribution is -0.309. The van der Waals surface area contributed by atoms with Crippen molar-refractivity contribution >= 4 is 30.4 Å². The van der Waals surface area contributed by atoms with Crippen LogP contribution in [0.1, 0.15) is 73.6 Å². The standard InChI is InChI=1S/C22H26F6N2O5.C18H26N2O3.C3H2F6O.ClH/c1-14-3-4-15(16(11-14)34-13-17(31)32)12-30-8-2-5-20(30)6-9-29(10-7-20)19(33)35-18(21(23,24)25)22(26,27)28;1-14-3-4-15(16(11-14)23-13-17(21)22)12-20-10-2-5-18(20)6-8-19-9-7-18;4-2(5,6)1(10)3(7,8)9;/h3-4,11,18H,2,5-10,12-13H2,1H3,(H,31,32);3-4,11,19H,2,5-10,12-13H2,1H3,(H,21,22);1,10H;1H. The van der Waals surface area contributed by atoms with Gasteiger partial charge in [0.05, 0.1) is 0 Å². The van der Waals surface area contributed by atoms with Gasteiger partial charge >= 0.3 is 42.7 Å². The van der Waals surface area contributed by atoms with E-state index in [-0.39, 0.29) is 37.6 Å². The van der Waals surface area contributed by atoms with E-state index in [4.69, 9.17) is 24.8 Å². The Morgan fingerprint density at radius 3 is 1.36 bits per heavy atom. The molecule has 4 saturated heterocycles. The van der Waals surface area contributed by atoms with Gasteiger partial charge in [0.1, 0.15) is 11.5 Å². The maximum Gasteiger partial charge on any atom is 0.434 e. The molecule has 0 saturated carbocycles. The number of aryl methyl sites for hydroxylation is 2. The summed E-state index contributed by atoms with van der Waals surface area (Å²) >= 11 is 0. The van der Waals surface area contributed by atoms with Gasteiger partial charge in [0.25, 0.3) is 6.10 Å². The van der Waals surface area contributed by atoms with Gasteiger partial charge < -0.3 is 39.7 Å². The van der Waals surface area contributed by atoms with E-state index in [0.717, 1.165) is 66.2 Å². The third-order valence-corrected chi connectivity index (χ3v) is 12.3. The van der Waals surface area contributed by atoms with E-state index in [9.17, 15) is 67.1 Å². The molecule has 0 atom stereocenters. The Labute approximate surface area is 395 Å². The third-order valence-electron chi connectivity index (χ3n) is 12.3. The zero-order chi connectivity index (χ0) is 50.9. The van der Waals surface area contributed by atoms with E-state index in [1.807, 2.05) is 32.0 Å². The van der Waals surface area contributed by atoms with Gasteiger partial charge in [-0.1, -0.05) is 24.3 Å². The molecule has 2 aromatic carbocycles. The summed E-state index contributed by atoms with van der Waals surface area (Å²) in [4.78, 5) is 39.5. The van der Waals surface area contributed by atoms with Gasteiger partial charge in [-0.15, -0.1) is 12.4 Å². The van der Waals surface area contributed by atoms with E-state index in [1.54, 1.807) is 6.07 Å². The molecule has 6 rings (SSSR count). The van der Waals surface area contributed by atoms with Crippen LogP contribution in [0, 0.1) is 13.8 Å². The van der Waals surface area contributed by atoms with Crippen molar-refractivity contribution in [2.75, 3.05) is 52.5 Å². The number of aliphatic carboxylic acids is 2. The Hall–Kier alpha value is -4.46. The highest BCUT2D eigenvalue weighted by atomic mass is 35.5. The van der Waals surface area contributed by atoms with Crippen LogP contribution in [0.15, 0.2) is 36.4 Å². The highest BCUT2D eigenvalue weighted by Crippen LogP contribution is 2.42. The number of halogens is 13. The van der Waals surface area contributed by atoms with Gasteiger partial charge in [-0.05, 0) is 115 Å². The molecule has 1 amide bonds. The number of carbonyl (C=O) groups excluding carboxylic acids is 1. The van der Waals surface area contributed by atoms with Crippen molar-refractivity contribution in [2.24, 2.45) is 0 Å². The predicted molar refractivity (Wildman–Crippen MR) is 224 cm³/mol. The first kappa shape index (κ1) is 58.9. The molecular formula is C43H55ClF12N4O9. The number of carbonyl (C=O) groups is 3. The lowest BCUT2D eigenvalue weighted by Gasteiger charge is -2.45. The minimum atomic E-state index is -5.76. The Morgan fingerprint density at radius 1 is 0.623 bits per heavy atom. The summed E-state index contributed by atoms with van der Waals surface area (Å²) in [6, 6.07) is 11.5. The second-order valence-corrected chi connectivity index (χ2v) is 17.2. The number of rotatable bonds is 11. The maximum atomic E-state index is 12.7. The number of carboxylic acids is 2. The molecule has 4 aliphatic heterocycles. The fourth-order valence-corrected chi connectivity index (χ4v) is 8.84. The largest absolute Gasteiger partial charge is 0.482 e. The van der Waals surface area contributed by atoms with E-state index in [0.29, 0.717) is 43.0 Å². The van der Waals surface area contributed by atoms with Crippen LogP contribution >= 0.6 is 12.4 Å². The van der Waals surface area contributed by atoms with Crippen LogP contribution in [0.3, 0.4) is 0 Å². The lowest BCUT2D eigenvalue weighted by Crippen LogP contribution is -2.54. The van der Waals surface area contributed by atoms with Crippen LogP contribution < -0.4 is 14.8 Å². The van der Waals surface area contributed by atoms with Crippen molar-refractivity contribution < 1.29 is 96.6 Å².